The second kappa shape index (κ2) is 4.90. The van der Waals surface area contributed by atoms with Crippen molar-refractivity contribution in [1.29, 1.82) is 0 Å². The Morgan fingerprint density at radius 3 is 2.44 bits per heavy atom. The zero-order chi connectivity index (χ0) is 13.3. The molecule has 0 aliphatic carbocycles. The number of rotatable bonds is 2. The summed E-state index contributed by atoms with van der Waals surface area (Å²) in [5.74, 6) is 0.163. The van der Waals surface area contributed by atoms with E-state index in [1.165, 1.54) is 6.07 Å². The molecule has 2 aromatic rings. The van der Waals surface area contributed by atoms with Gasteiger partial charge in [0.05, 0.1) is 11.4 Å². The summed E-state index contributed by atoms with van der Waals surface area (Å²) in [7, 11) is 0. The highest BCUT2D eigenvalue weighted by Gasteiger charge is 2.08. The van der Waals surface area contributed by atoms with Crippen molar-refractivity contribution in [3.8, 4) is 0 Å². The van der Waals surface area contributed by atoms with Gasteiger partial charge < -0.3 is 5.32 Å². The van der Waals surface area contributed by atoms with Gasteiger partial charge in [-0.3, -0.25) is 0 Å². The van der Waals surface area contributed by atoms with Crippen LogP contribution in [0.1, 0.15) is 17.0 Å². The number of hydrogen-bond acceptors (Lipinski definition) is 3. The minimum Gasteiger partial charge on any atom is -0.338 e. The van der Waals surface area contributed by atoms with E-state index in [0.717, 1.165) is 11.4 Å². The van der Waals surface area contributed by atoms with Gasteiger partial charge in [-0.15, -0.1) is 0 Å². The molecule has 1 aromatic carbocycles. The van der Waals surface area contributed by atoms with Crippen LogP contribution >= 0.6 is 11.6 Å². The molecular weight excluding hydrogens is 253 g/mol. The van der Waals surface area contributed by atoms with E-state index in [9.17, 15) is 4.39 Å². The summed E-state index contributed by atoms with van der Waals surface area (Å²) in [5.41, 5.74) is 2.76. The molecule has 3 nitrogen and oxygen atoms in total. The van der Waals surface area contributed by atoms with Crippen molar-refractivity contribution in [1.82, 2.24) is 9.97 Å². The summed E-state index contributed by atoms with van der Waals surface area (Å²) in [6, 6.07) is 4.87. The quantitative estimate of drug-likeness (QED) is 0.894. The van der Waals surface area contributed by atoms with Crippen LogP contribution in [0.15, 0.2) is 18.2 Å². The summed E-state index contributed by atoms with van der Waals surface area (Å²) in [6.45, 7) is 5.39. The van der Waals surface area contributed by atoms with Crippen molar-refractivity contribution in [2.24, 2.45) is 0 Å². The Hall–Kier alpha value is -1.68. The van der Waals surface area contributed by atoms with E-state index in [1.807, 2.05) is 13.8 Å². The number of nitrogens with zero attached hydrogens (tertiary/aromatic N) is 2. The fourth-order valence-electron chi connectivity index (χ4n) is 1.46. The SMILES string of the molecule is Cc1ccc(Nc2nc(C)c(C)nc2Cl)cc1F. The lowest BCUT2D eigenvalue weighted by molar-refractivity contribution is 0.619. The van der Waals surface area contributed by atoms with E-state index in [1.54, 1.807) is 19.1 Å². The van der Waals surface area contributed by atoms with Crippen LogP contribution in [-0.4, -0.2) is 9.97 Å². The molecule has 0 aliphatic heterocycles. The van der Waals surface area contributed by atoms with Crippen molar-refractivity contribution in [2.45, 2.75) is 20.8 Å². The standard InChI is InChI=1S/C13H13ClFN3/c1-7-4-5-10(6-11(7)15)18-13-12(14)16-8(2)9(3)17-13/h4-6H,1-3H3,(H,17,18). The van der Waals surface area contributed by atoms with Gasteiger partial charge in [-0.25, -0.2) is 14.4 Å². The molecule has 0 unspecified atom stereocenters. The maximum atomic E-state index is 13.4. The summed E-state index contributed by atoms with van der Waals surface area (Å²) >= 11 is 5.99. The Balaban J connectivity index is 2.34. The predicted octanol–water partition coefficient (Wildman–Crippen LogP) is 3.94. The molecule has 1 heterocycles. The van der Waals surface area contributed by atoms with E-state index < -0.39 is 0 Å². The molecule has 0 radical (unpaired) electrons. The van der Waals surface area contributed by atoms with Gasteiger partial charge in [0.15, 0.2) is 11.0 Å². The fourth-order valence-corrected chi connectivity index (χ4v) is 1.68. The maximum absolute atomic E-state index is 13.4. The fraction of sp³-hybridized carbons (Fsp3) is 0.231. The molecule has 5 heteroatoms. The van der Waals surface area contributed by atoms with Gasteiger partial charge in [-0.1, -0.05) is 17.7 Å². The predicted molar refractivity (Wildman–Crippen MR) is 70.9 cm³/mol. The highest BCUT2D eigenvalue weighted by atomic mass is 35.5. The van der Waals surface area contributed by atoms with Crippen LogP contribution in [0.5, 0.6) is 0 Å². The van der Waals surface area contributed by atoms with Crippen LogP contribution in [0.25, 0.3) is 0 Å². The van der Waals surface area contributed by atoms with E-state index in [2.05, 4.69) is 15.3 Å². The highest BCUT2D eigenvalue weighted by molar-refractivity contribution is 6.31. The molecule has 1 aromatic heterocycles. The normalized spacial score (nSPS) is 10.5. The molecule has 0 amide bonds. The molecule has 0 spiro atoms. The van der Waals surface area contributed by atoms with Crippen LogP contribution in [0.4, 0.5) is 15.9 Å². The van der Waals surface area contributed by atoms with Gasteiger partial charge in [0.25, 0.3) is 0 Å². The second-order valence-electron chi connectivity index (χ2n) is 4.12. The van der Waals surface area contributed by atoms with Gasteiger partial charge in [0.2, 0.25) is 0 Å². The Kier molecular flexibility index (Phi) is 3.48. The summed E-state index contributed by atoms with van der Waals surface area (Å²) in [6.07, 6.45) is 0. The van der Waals surface area contributed by atoms with Gasteiger partial charge in [-0.05, 0) is 38.5 Å². The molecular formula is C13H13ClFN3. The van der Waals surface area contributed by atoms with E-state index in [0.29, 0.717) is 17.1 Å². The minimum absolute atomic E-state index is 0.270. The topological polar surface area (TPSA) is 37.8 Å². The zero-order valence-electron chi connectivity index (χ0n) is 10.4. The van der Waals surface area contributed by atoms with E-state index in [-0.39, 0.29) is 11.0 Å². The maximum Gasteiger partial charge on any atom is 0.172 e. The molecule has 0 saturated heterocycles. The smallest absolute Gasteiger partial charge is 0.172 e. The number of nitrogens with one attached hydrogen (secondary N) is 1. The van der Waals surface area contributed by atoms with Gasteiger partial charge in [0, 0.05) is 5.69 Å². The lowest BCUT2D eigenvalue weighted by Crippen LogP contribution is -2.01. The van der Waals surface area contributed by atoms with Crippen molar-refractivity contribution >= 4 is 23.1 Å². The molecule has 0 aliphatic rings. The van der Waals surface area contributed by atoms with Crippen LogP contribution in [-0.2, 0) is 0 Å². The van der Waals surface area contributed by atoms with Crippen LogP contribution in [0.3, 0.4) is 0 Å². The van der Waals surface area contributed by atoms with Gasteiger partial charge in [-0.2, -0.15) is 0 Å². The Labute approximate surface area is 110 Å². The number of aryl methyl sites for hydroxylation is 3. The lowest BCUT2D eigenvalue weighted by atomic mass is 10.2. The molecule has 1 N–H and O–H groups in total. The number of anilines is 2. The van der Waals surface area contributed by atoms with Crippen molar-refractivity contribution in [3.63, 3.8) is 0 Å². The highest BCUT2D eigenvalue weighted by Crippen LogP contribution is 2.23. The molecule has 0 bridgehead atoms. The third-order valence-electron chi connectivity index (χ3n) is 2.70. The van der Waals surface area contributed by atoms with Crippen LogP contribution in [0.2, 0.25) is 5.15 Å². The number of aromatic nitrogens is 2. The van der Waals surface area contributed by atoms with E-state index >= 15 is 0 Å². The Bertz CT molecular complexity index is 599. The summed E-state index contributed by atoms with van der Waals surface area (Å²) in [4.78, 5) is 8.45. The minimum atomic E-state index is -0.270. The monoisotopic (exact) mass is 265 g/mol. The average Bonchev–Trinajstić information content (AvgIpc) is 2.31. The van der Waals surface area contributed by atoms with Crippen molar-refractivity contribution in [3.05, 3.63) is 46.1 Å². The van der Waals surface area contributed by atoms with Crippen LogP contribution in [0, 0.1) is 26.6 Å². The molecule has 94 valence electrons. The van der Waals surface area contributed by atoms with E-state index in [4.69, 9.17) is 11.6 Å². The first kappa shape index (κ1) is 12.8. The lowest BCUT2D eigenvalue weighted by Gasteiger charge is -2.09. The number of halogens is 2. The molecule has 0 saturated carbocycles. The van der Waals surface area contributed by atoms with Crippen LogP contribution < -0.4 is 5.32 Å². The summed E-state index contributed by atoms with van der Waals surface area (Å²) < 4.78 is 13.4. The second-order valence-corrected chi connectivity index (χ2v) is 4.48. The first-order valence-corrected chi connectivity index (χ1v) is 5.89. The van der Waals surface area contributed by atoms with Gasteiger partial charge >= 0.3 is 0 Å². The van der Waals surface area contributed by atoms with Crippen molar-refractivity contribution in [2.75, 3.05) is 5.32 Å². The Morgan fingerprint density at radius 2 is 1.78 bits per heavy atom. The first-order valence-electron chi connectivity index (χ1n) is 5.51. The van der Waals surface area contributed by atoms with Gasteiger partial charge in [0.1, 0.15) is 5.82 Å². The number of benzene rings is 1. The molecule has 0 fully saturated rings. The largest absolute Gasteiger partial charge is 0.338 e. The average molecular weight is 266 g/mol. The molecule has 0 atom stereocenters. The first-order chi connectivity index (χ1) is 8.47. The summed E-state index contributed by atoms with van der Waals surface area (Å²) in [5, 5.41) is 3.24. The third-order valence-corrected chi connectivity index (χ3v) is 2.96. The zero-order valence-corrected chi connectivity index (χ0v) is 11.1. The third kappa shape index (κ3) is 2.59. The molecule has 2 rings (SSSR count). The molecule has 18 heavy (non-hydrogen) atoms. The number of hydrogen-bond donors (Lipinski definition) is 1. The Morgan fingerprint density at radius 1 is 1.11 bits per heavy atom. The van der Waals surface area contributed by atoms with Crippen molar-refractivity contribution < 1.29 is 4.39 Å².